The zero-order valence-corrected chi connectivity index (χ0v) is 18.7. The van der Waals surface area contributed by atoms with Crippen LogP contribution in [-0.2, 0) is 16.6 Å². The summed E-state index contributed by atoms with van der Waals surface area (Å²) in [7, 11) is -3.74. The second kappa shape index (κ2) is 7.73. The van der Waals surface area contributed by atoms with Gasteiger partial charge in [0.1, 0.15) is 11.1 Å². The number of sulfonamides is 1. The number of para-hydroxylation sites is 1. The number of benzene rings is 5. The molecule has 0 aliphatic carbocycles. The lowest BCUT2D eigenvalue weighted by molar-refractivity contribution is 0.339. The molecule has 1 atom stereocenters. The summed E-state index contributed by atoms with van der Waals surface area (Å²) in [6, 6.07) is 35.4. The average molecular weight is 451 g/mol. The molecular formula is C28H22N2O2S. The minimum Gasteiger partial charge on any atom is -0.364 e. The van der Waals surface area contributed by atoms with Crippen molar-refractivity contribution in [2.45, 2.75) is 17.6 Å². The van der Waals surface area contributed by atoms with Gasteiger partial charge in [0.25, 0.3) is 0 Å². The van der Waals surface area contributed by atoms with E-state index in [9.17, 15) is 8.42 Å². The van der Waals surface area contributed by atoms with Crippen LogP contribution in [0.2, 0.25) is 0 Å². The van der Waals surface area contributed by atoms with Gasteiger partial charge in [0, 0.05) is 12.1 Å². The van der Waals surface area contributed by atoms with E-state index in [1.54, 1.807) is 16.4 Å². The van der Waals surface area contributed by atoms with Crippen molar-refractivity contribution in [2.75, 3.05) is 5.32 Å². The van der Waals surface area contributed by atoms with E-state index in [1.165, 1.54) is 0 Å². The van der Waals surface area contributed by atoms with Crippen LogP contribution in [0.4, 0.5) is 5.69 Å². The van der Waals surface area contributed by atoms with E-state index in [2.05, 4.69) is 35.6 Å². The van der Waals surface area contributed by atoms with Gasteiger partial charge in [0.15, 0.2) is 0 Å². The van der Waals surface area contributed by atoms with E-state index in [1.807, 2.05) is 66.7 Å². The Morgan fingerprint density at radius 2 is 1.27 bits per heavy atom. The van der Waals surface area contributed by atoms with Gasteiger partial charge in [0.2, 0.25) is 10.0 Å². The minimum atomic E-state index is -3.74. The molecular weight excluding hydrogens is 428 g/mol. The molecule has 1 aliphatic heterocycles. The molecule has 0 amide bonds. The van der Waals surface area contributed by atoms with Gasteiger partial charge in [-0.05, 0) is 45.3 Å². The van der Waals surface area contributed by atoms with Gasteiger partial charge in [-0.15, -0.1) is 0 Å². The molecule has 6 rings (SSSR count). The first kappa shape index (κ1) is 20.0. The molecule has 5 heteroatoms. The second-order valence-corrected chi connectivity index (χ2v) is 10.2. The maximum Gasteiger partial charge on any atom is 0.247 e. The largest absolute Gasteiger partial charge is 0.364 e. The summed E-state index contributed by atoms with van der Waals surface area (Å²) in [5.74, 6) is 0. The molecule has 0 fully saturated rings. The minimum absolute atomic E-state index is 0.271. The summed E-state index contributed by atoms with van der Waals surface area (Å²) in [4.78, 5) is 0.307. The van der Waals surface area contributed by atoms with Crippen molar-refractivity contribution in [3.63, 3.8) is 0 Å². The van der Waals surface area contributed by atoms with Gasteiger partial charge in [0.05, 0.1) is 5.69 Å². The number of anilines is 1. The molecule has 1 heterocycles. The Kier molecular flexibility index (Phi) is 4.68. The van der Waals surface area contributed by atoms with Gasteiger partial charge in [-0.3, -0.25) is 0 Å². The maximum atomic E-state index is 14.0. The zero-order valence-electron chi connectivity index (χ0n) is 17.8. The molecule has 4 nitrogen and oxygen atoms in total. The Morgan fingerprint density at radius 3 is 1.97 bits per heavy atom. The summed E-state index contributed by atoms with van der Waals surface area (Å²) in [6.45, 7) is 0.271. The molecule has 33 heavy (non-hydrogen) atoms. The first-order valence-corrected chi connectivity index (χ1v) is 12.4. The van der Waals surface area contributed by atoms with Crippen molar-refractivity contribution < 1.29 is 8.42 Å². The van der Waals surface area contributed by atoms with E-state index in [-0.39, 0.29) is 6.54 Å². The highest BCUT2D eigenvalue weighted by molar-refractivity contribution is 7.89. The molecule has 0 spiro atoms. The van der Waals surface area contributed by atoms with Crippen LogP contribution >= 0.6 is 0 Å². The lowest BCUT2D eigenvalue weighted by Crippen LogP contribution is -2.42. The van der Waals surface area contributed by atoms with Crippen LogP contribution in [0.15, 0.2) is 114 Å². The van der Waals surface area contributed by atoms with Crippen molar-refractivity contribution in [2.24, 2.45) is 0 Å². The lowest BCUT2D eigenvalue weighted by Gasteiger charge is -2.38. The quantitative estimate of drug-likeness (QED) is 0.328. The Balaban J connectivity index is 1.65. The highest BCUT2D eigenvalue weighted by Gasteiger charge is 2.40. The number of rotatable bonds is 3. The molecule has 0 unspecified atom stereocenters. The van der Waals surface area contributed by atoms with E-state index in [0.29, 0.717) is 10.6 Å². The van der Waals surface area contributed by atoms with Crippen molar-refractivity contribution in [3.05, 3.63) is 120 Å². The number of hydrogen-bond acceptors (Lipinski definition) is 3. The lowest BCUT2D eigenvalue weighted by atomic mass is 9.94. The third kappa shape index (κ3) is 3.28. The fraction of sp³-hybridized carbons (Fsp3) is 0.0714. The highest BCUT2D eigenvalue weighted by Crippen LogP contribution is 2.43. The molecule has 162 valence electrons. The second-order valence-electron chi connectivity index (χ2n) is 8.31. The monoisotopic (exact) mass is 450 g/mol. The normalized spacial score (nSPS) is 17.5. The molecule has 0 radical (unpaired) electrons. The SMILES string of the molecule is O=S1(=O)c2ccccc2N[C@@H](c2c3ccccc3cc3ccccc23)N1Cc1ccccc1. The van der Waals surface area contributed by atoms with E-state index < -0.39 is 16.2 Å². The van der Waals surface area contributed by atoms with Crippen LogP contribution < -0.4 is 5.32 Å². The number of fused-ring (bicyclic) bond motifs is 3. The number of hydrogen-bond donors (Lipinski definition) is 1. The Morgan fingerprint density at radius 1 is 0.697 bits per heavy atom. The van der Waals surface area contributed by atoms with E-state index in [4.69, 9.17) is 0 Å². The van der Waals surface area contributed by atoms with Crippen molar-refractivity contribution in [1.82, 2.24) is 4.31 Å². The first-order chi connectivity index (χ1) is 16.1. The smallest absolute Gasteiger partial charge is 0.247 e. The zero-order chi connectivity index (χ0) is 22.4. The topological polar surface area (TPSA) is 49.4 Å². The highest BCUT2D eigenvalue weighted by atomic mass is 32.2. The summed E-state index contributed by atoms with van der Waals surface area (Å²) in [5.41, 5.74) is 2.54. The molecule has 0 aromatic heterocycles. The first-order valence-electron chi connectivity index (χ1n) is 10.9. The van der Waals surface area contributed by atoms with E-state index in [0.717, 1.165) is 32.7 Å². The van der Waals surface area contributed by atoms with Gasteiger partial charge >= 0.3 is 0 Å². The van der Waals surface area contributed by atoms with Crippen molar-refractivity contribution >= 4 is 37.3 Å². The molecule has 1 aliphatic rings. The predicted octanol–water partition coefficient (Wildman–Crippen LogP) is 6.31. The standard InChI is InChI=1S/C28H22N2O2S/c31-33(32)26-17-9-8-16-25(26)29-28(30(33)19-20-10-2-1-3-11-20)27-23-14-6-4-12-21(23)18-22-13-5-7-15-24(22)27/h1-18,28-29H,19H2/t28-/m1/s1. The van der Waals surface area contributed by atoms with Crippen LogP contribution in [0.5, 0.6) is 0 Å². The molecule has 5 aromatic rings. The van der Waals surface area contributed by atoms with E-state index >= 15 is 0 Å². The third-order valence-corrected chi connectivity index (χ3v) is 8.19. The molecule has 1 N–H and O–H groups in total. The Bertz CT molecular complexity index is 1540. The fourth-order valence-electron chi connectivity index (χ4n) is 4.79. The summed E-state index contributed by atoms with van der Waals surface area (Å²) < 4.78 is 29.5. The Hall–Kier alpha value is -3.67. The molecule has 5 aromatic carbocycles. The summed E-state index contributed by atoms with van der Waals surface area (Å²) in [6.07, 6.45) is -0.555. The molecule has 0 saturated carbocycles. The molecule has 0 bridgehead atoms. The average Bonchev–Trinajstić information content (AvgIpc) is 2.85. The maximum absolute atomic E-state index is 14.0. The van der Waals surface area contributed by atoms with Crippen LogP contribution in [0, 0.1) is 0 Å². The van der Waals surface area contributed by atoms with Crippen molar-refractivity contribution in [3.8, 4) is 0 Å². The molecule has 0 saturated heterocycles. The number of nitrogens with one attached hydrogen (secondary N) is 1. The van der Waals surface area contributed by atoms with Gasteiger partial charge < -0.3 is 5.32 Å². The number of nitrogens with zero attached hydrogens (tertiary/aromatic N) is 1. The Labute approximate surface area is 193 Å². The fourth-order valence-corrected chi connectivity index (χ4v) is 6.46. The van der Waals surface area contributed by atoms with Crippen LogP contribution in [0.1, 0.15) is 17.3 Å². The predicted molar refractivity (Wildman–Crippen MR) is 133 cm³/mol. The van der Waals surface area contributed by atoms with Crippen molar-refractivity contribution in [1.29, 1.82) is 0 Å². The van der Waals surface area contributed by atoms with Gasteiger partial charge in [-0.1, -0.05) is 91.0 Å². The third-order valence-electron chi connectivity index (χ3n) is 6.32. The summed E-state index contributed by atoms with van der Waals surface area (Å²) in [5, 5.41) is 7.83. The van der Waals surface area contributed by atoms with Crippen LogP contribution in [0.3, 0.4) is 0 Å². The summed E-state index contributed by atoms with van der Waals surface area (Å²) >= 11 is 0. The van der Waals surface area contributed by atoms with Crippen LogP contribution in [-0.4, -0.2) is 12.7 Å². The van der Waals surface area contributed by atoms with Gasteiger partial charge in [-0.25, -0.2) is 8.42 Å². The van der Waals surface area contributed by atoms with Gasteiger partial charge in [-0.2, -0.15) is 4.31 Å². The van der Waals surface area contributed by atoms with Crippen LogP contribution in [0.25, 0.3) is 21.5 Å².